The van der Waals surface area contributed by atoms with Crippen LogP contribution < -0.4 is 10.0 Å². The molecule has 1 rings (SSSR count). The van der Waals surface area contributed by atoms with Crippen molar-refractivity contribution >= 4 is 10.0 Å². The van der Waals surface area contributed by atoms with Crippen molar-refractivity contribution in [2.75, 3.05) is 19.3 Å². The summed E-state index contributed by atoms with van der Waals surface area (Å²) in [7, 11) is -1.34. The number of nitrogens with one attached hydrogen (secondary N) is 2. The van der Waals surface area contributed by atoms with E-state index in [-0.39, 0.29) is 11.8 Å². The van der Waals surface area contributed by atoms with Crippen LogP contribution in [0.4, 0.5) is 0 Å². The lowest BCUT2D eigenvalue weighted by Gasteiger charge is -2.28. The van der Waals surface area contributed by atoms with E-state index in [1.807, 2.05) is 6.92 Å². The Morgan fingerprint density at radius 3 is 2.44 bits per heavy atom. The Balaban J connectivity index is 2.39. The third kappa shape index (κ3) is 4.80. The van der Waals surface area contributed by atoms with Gasteiger partial charge in [0, 0.05) is 12.6 Å². The summed E-state index contributed by atoms with van der Waals surface area (Å²) < 4.78 is 26.2. The van der Waals surface area contributed by atoms with Gasteiger partial charge in [0.05, 0.1) is 5.75 Å². The molecular weight excluding hydrogens is 224 g/mol. The zero-order valence-electron chi connectivity index (χ0n) is 10.3. The van der Waals surface area contributed by atoms with Crippen molar-refractivity contribution in [2.45, 2.75) is 45.1 Å². The van der Waals surface area contributed by atoms with E-state index in [0.29, 0.717) is 12.5 Å². The Labute approximate surface area is 99.2 Å². The minimum Gasteiger partial charge on any atom is -0.319 e. The third-order valence-electron chi connectivity index (χ3n) is 3.34. The van der Waals surface area contributed by atoms with Gasteiger partial charge in [-0.3, -0.25) is 0 Å². The molecule has 0 aliphatic heterocycles. The van der Waals surface area contributed by atoms with E-state index in [2.05, 4.69) is 10.0 Å². The maximum absolute atomic E-state index is 11.7. The Morgan fingerprint density at radius 1 is 1.25 bits per heavy atom. The predicted octanol–water partition coefficient (Wildman–Crippen LogP) is 1.09. The van der Waals surface area contributed by atoms with Crippen LogP contribution in [-0.2, 0) is 10.0 Å². The summed E-state index contributed by atoms with van der Waals surface area (Å²) in [5.41, 5.74) is 0. The van der Waals surface area contributed by atoms with Crippen LogP contribution in [0.5, 0.6) is 0 Å². The van der Waals surface area contributed by atoms with Gasteiger partial charge < -0.3 is 5.32 Å². The second-order valence-electron chi connectivity index (χ2n) is 4.73. The normalized spacial score (nSPS) is 20.9. The Bertz CT molecular complexity index is 284. The first-order chi connectivity index (χ1) is 7.55. The molecule has 0 aromatic rings. The third-order valence-corrected chi connectivity index (χ3v) is 4.82. The Hall–Kier alpha value is -0.130. The first-order valence-corrected chi connectivity index (χ1v) is 7.85. The van der Waals surface area contributed by atoms with E-state index in [0.717, 1.165) is 12.8 Å². The summed E-state index contributed by atoms with van der Waals surface area (Å²) in [6, 6.07) is 0.0853. The van der Waals surface area contributed by atoms with Gasteiger partial charge in [0.15, 0.2) is 0 Å². The summed E-state index contributed by atoms with van der Waals surface area (Å²) in [6.45, 7) is 2.50. The highest BCUT2D eigenvalue weighted by atomic mass is 32.2. The molecule has 1 unspecified atom stereocenters. The minimum atomic E-state index is -3.10. The number of hydrogen-bond donors (Lipinski definition) is 2. The lowest BCUT2D eigenvalue weighted by atomic mass is 9.85. The van der Waals surface area contributed by atoms with Gasteiger partial charge in [-0.15, -0.1) is 0 Å². The molecule has 0 bridgehead atoms. The van der Waals surface area contributed by atoms with E-state index in [1.165, 1.54) is 19.3 Å². The summed E-state index contributed by atoms with van der Waals surface area (Å²) in [6.07, 6.45) is 6.11. The van der Waals surface area contributed by atoms with Crippen molar-refractivity contribution < 1.29 is 8.42 Å². The van der Waals surface area contributed by atoms with Gasteiger partial charge in [0.1, 0.15) is 0 Å². The van der Waals surface area contributed by atoms with Gasteiger partial charge in [-0.2, -0.15) is 0 Å². The molecule has 2 N–H and O–H groups in total. The molecule has 5 heteroatoms. The molecule has 96 valence electrons. The van der Waals surface area contributed by atoms with Gasteiger partial charge in [-0.25, -0.2) is 13.1 Å². The van der Waals surface area contributed by atoms with E-state index in [4.69, 9.17) is 0 Å². The quantitative estimate of drug-likeness (QED) is 0.740. The molecular formula is C11H24N2O2S. The SMILES string of the molecule is CNCCS(=O)(=O)NC(C)C1CCCCC1. The first kappa shape index (κ1) is 13.9. The van der Waals surface area contributed by atoms with Crippen molar-refractivity contribution in [3.8, 4) is 0 Å². The zero-order valence-corrected chi connectivity index (χ0v) is 11.1. The summed E-state index contributed by atoms with van der Waals surface area (Å²) in [5, 5.41) is 2.86. The van der Waals surface area contributed by atoms with E-state index >= 15 is 0 Å². The highest BCUT2D eigenvalue weighted by Gasteiger charge is 2.23. The lowest BCUT2D eigenvalue weighted by molar-refractivity contribution is 0.303. The van der Waals surface area contributed by atoms with Crippen LogP contribution >= 0.6 is 0 Å². The van der Waals surface area contributed by atoms with Crippen LogP contribution in [0.25, 0.3) is 0 Å². The fourth-order valence-corrected chi connectivity index (χ4v) is 3.66. The van der Waals surface area contributed by atoms with E-state index in [1.54, 1.807) is 7.05 Å². The van der Waals surface area contributed by atoms with Gasteiger partial charge in [0.25, 0.3) is 0 Å². The molecule has 0 amide bonds. The Morgan fingerprint density at radius 2 is 1.88 bits per heavy atom. The van der Waals surface area contributed by atoms with Crippen molar-refractivity contribution in [3.63, 3.8) is 0 Å². The molecule has 0 spiro atoms. The maximum atomic E-state index is 11.7. The largest absolute Gasteiger partial charge is 0.319 e. The predicted molar refractivity (Wildman–Crippen MR) is 66.9 cm³/mol. The number of rotatable bonds is 6. The highest BCUT2D eigenvalue weighted by molar-refractivity contribution is 7.89. The van der Waals surface area contributed by atoms with Crippen LogP contribution in [0.15, 0.2) is 0 Å². The van der Waals surface area contributed by atoms with Crippen molar-refractivity contribution in [3.05, 3.63) is 0 Å². The molecule has 1 aliphatic carbocycles. The fourth-order valence-electron chi connectivity index (χ4n) is 2.31. The van der Waals surface area contributed by atoms with Crippen LogP contribution in [0.3, 0.4) is 0 Å². The topological polar surface area (TPSA) is 58.2 Å². The van der Waals surface area contributed by atoms with Gasteiger partial charge in [-0.1, -0.05) is 19.3 Å². The molecule has 0 saturated heterocycles. The first-order valence-electron chi connectivity index (χ1n) is 6.20. The van der Waals surface area contributed by atoms with Gasteiger partial charge in [0.2, 0.25) is 10.0 Å². The van der Waals surface area contributed by atoms with Crippen molar-refractivity contribution in [1.29, 1.82) is 0 Å². The molecule has 16 heavy (non-hydrogen) atoms. The second-order valence-corrected chi connectivity index (χ2v) is 6.60. The molecule has 0 heterocycles. The molecule has 1 aliphatic rings. The number of sulfonamides is 1. The van der Waals surface area contributed by atoms with Crippen LogP contribution in [-0.4, -0.2) is 33.8 Å². The Kier molecular flexibility index (Phi) is 5.72. The molecule has 4 nitrogen and oxygen atoms in total. The van der Waals surface area contributed by atoms with Crippen molar-refractivity contribution in [1.82, 2.24) is 10.0 Å². The highest BCUT2D eigenvalue weighted by Crippen LogP contribution is 2.26. The van der Waals surface area contributed by atoms with Crippen LogP contribution in [0, 0.1) is 5.92 Å². The molecule has 1 atom stereocenters. The van der Waals surface area contributed by atoms with E-state index < -0.39 is 10.0 Å². The van der Waals surface area contributed by atoms with Gasteiger partial charge >= 0.3 is 0 Å². The number of hydrogen-bond acceptors (Lipinski definition) is 3. The average Bonchev–Trinajstić information content (AvgIpc) is 2.27. The summed E-state index contributed by atoms with van der Waals surface area (Å²) in [4.78, 5) is 0. The standard InChI is InChI=1S/C11H24N2O2S/c1-10(11-6-4-3-5-7-11)13-16(14,15)9-8-12-2/h10-13H,3-9H2,1-2H3. The molecule has 0 radical (unpaired) electrons. The second kappa shape index (κ2) is 6.57. The molecule has 0 aromatic carbocycles. The van der Waals surface area contributed by atoms with Crippen molar-refractivity contribution in [2.24, 2.45) is 5.92 Å². The average molecular weight is 248 g/mol. The summed E-state index contributed by atoms with van der Waals surface area (Å²) in [5.74, 6) is 0.693. The zero-order chi connectivity index (χ0) is 12.0. The van der Waals surface area contributed by atoms with Crippen LogP contribution in [0.2, 0.25) is 0 Å². The minimum absolute atomic E-state index is 0.0853. The fraction of sp³-hybridized carbons (Fsp3) is 1.00. The lowest BCUT2D eigenvalue weighted by Crippen LogP contribution is -2.41. The maximum Gasteiger partial charge on any atom is 0.213 e. The molecule has 1 saturated carbocycles. The van der Waals surface area contributed by atoms with Gasteiger partial charge in [-0.05, 0) is 32.7 Å². The smallest absolute Gasteiger partial charge is 0.213 e. The monoisotopic (exact) mass is 248 g/mol. The summed E-state index contributed by atoms with van der Waals surface area (Å²) >= 11 is 0. The van der Waals surface area contributed by atoms with Crippen LogP contribution in [0.1, 0.15) is 39.0 Å². The van der Waals surface area contributed by atoms with E-state index in [9.17, 15) is 8.42 Å². The molecule has 1 fully saturated rings. The molecule has 0 aromatic heterocycles.